The van der Waals surface area contributed by atoms with Crippen LogP contribution >= 0.6 is 0 Å². The second-order valence-corrected chi connectivity index (χ2v) is 5.15. The van der Waals surface area contributed by atoms with Crippen LogP contribution in [0.15, 0.2) is 54.9 Å². The van der Waals surface area contributed by atoms with Gasteiger partial charge in [-0.2, -0.15) is 10.1 Å². The number of carbonyl (C=O) groups is 1. The number of aromatic nitrogens is 5. The van der Waals surface area contributed by atoms with Gasteiger partial charge in [0, 0.05) is 17.3 Å². The number of anilines is 1. The van der Waals surface area contributed by atoms with E-state index in [4.69, 9.17) is 5.73 Å². The third-order valence-corrected chi connectivity index (χ3v) is 3.63. The first-order valence-electron chi connectivity index (χ1n) is 7.12. The fraction of sp³-hybridized carbons (Fsp3) is 0. The number of carboxylic acid groups (broad SMARTS) is 1. The molecule has 4 rings (SSSR count). The number of aromatic carboxylic acids is 1. The molecule has 0 spiro atoms. The Balaban J connectivity index is 1.87. The normalized spacial score (nSPS) is 11.0. The minimum absolute atomic E-state index is 0.00611. The molecule has 8 heteroatoms. The molecular weight excluding hydrogens is 308 g/mol. The lowest BCUT2D eigenvalue weighted by molar-refractivity contribution is 0.0687. The van der Waals surface area contributed by atoms with Gasteiger partial charge in [0.25, 0.3) is 0 Å². The van der Waals surface area contributed by atoms with Crippen LogP contribution in [0.1, 0.15) is 10.5 Å². The second kappa shape index (κ2) is 5.20. The zero-order valence-electron chi connectivity index (χ0n) is 12.4. The van der Waals surface area contributed by atoms with Crippen molar-refractivity contribution in [2.24, 2.45) is 0 Å². The summed E-state index contributed by atoms with van der Waals surface area (Å²) in [6, 6.07) is 12.8. The molecule has 0 saturated carbocycles. The molecule has 0 aliphatic heterocycles. The second-order valence-electron chi connectivity index (χ2n) is 5.15. The lowest BCUT2D eigenvalue weighted by Crippen LogP contribution is -2.06. The molecule has 3 aromatic heterocycles. The number of para-hydroxylation sites is 1. The predicted octanol–water partition coefficient (Wildman–Crippen LogP) is 1.86. The van der Waals surface area contributed by atoms with E-state index < -0.39 is 5.97 Å². The Morgan fingerprint density at radius 3 is 2.67 bits per heavy atom. The summed E-state index contributed by atoms with van der Waals surface area (Å²) in [6.45, 7) is 0. The quantitative estimate of drug-likeness (QED) is 0.596. The third-order valence-electron chi connectivity index (χ3n) is 3.63. The maximum atomic E-state index is 11.3. The molecule has 4 aromatic rings. The first-order chi connectivity index (χ1) is 11.6. The van der Waals surface area contributed by atoms with E-state index in [0.29, 0.717) is 11.2 Å². The van der Waals surface area contributed by atoms with Crippen LogP contribution < -0.4 is 5.73 Å². The van der Waals surface area contributed by atoms with Crippen LogP contribution in [0.5, 0.6) is 0 Å². The molecule has 118 valence electrons. The number of benzene rings is 1. The summed E-state index contributed by atoms with van der Waals surface area (Å²) < 4.78 is 2.96. The van der Waals surface area contributed by atoms with Gasteiger partial charge in [-0.3, -0.25) is 0 Å². The average Bonchev–Trinajstić information content (AvgIpc) is 3.20. The van der Waals surface area contributed by atoms with E-state index in [0.717, 1.165) is 11.3 Å². The maximum Gasteiger partial charge on any atom is 0.354 e. The van der Waals surface area contributed by atoms with Gasteiger partial charge in [0.2, 0.25) is 5.95 Å². The van der Waals surface area contributed by atoms with Crippen LogP contribution in [-0.2, 0) is 0 Å². The van der Waals surface area contributed by atoms with E-state index in [2.05, 4.69) is 15.2 Å². The summed E-state index contributed by atoms with van der Waals surface area (Å²) in [7, 11) is 0. The van der Waals surface area contributed by atoms with Crippen LogP contribution in [0, 0.1) is 0 Å². The van der Waals surface area contributed by atoms with E-state index >= 15 is 0 Å². The number of hydrogen-bond donors (Lipinski definition) is 2. The number of carboxylic acids is 1. The van der Waals surface area contributed by atoms with Crippen molar-refractivity contribution in [3.8, 4) is 16.8 Å². The molecule has 3 heterocycles. The zero-order valence-corrected chi connectivity index (χ0v) is 12.4. The summed E-state index contributed by atoms with van der Waals surface area (Å²) >= 11 is 0. The van der Waals surface area contributed by atoms with Crippen molar-refractivity contribution in [3.05, 3.63) is 60.6 Å². The first kappa shape index (κ1) is 13.9. The molecule has 0 amide bonds. The van der Waals surface area contributed by atoms with Crippen molar-refractivity contribution in [2.75, 3.05) is 5.73 Å². The highest BCUT2D eigenvalue weighted by Gasteiger charge is 2.17. The minimum Gasteiger partial charge on any atom is -0.477 e. The topological polar surface area (TPSA) is 111 Å². The average molecular weight is 320 g/mol. The van der Waals surface area contributed by atoms with Crippen molar-refractivity contribution < 1.29 is 9.90 Å². The highest BCUT2D eigenvalue weighted by molar-refractivity contribution is 5.89. The van der Waals surface area contributed by atoms with E-state index in [-0.39, 0.29) is 11.6 Å². The van der Waals surface area contributed by atoms with Crippen molar-refractivity contribution in [1.82, 2.24) is 24.4 Å². The number of nitrogen functional groups attached to an aromatic ring is 1. The Morgan fingerprint density at radius 1 is 1.12 bits per heavy atom. The Hall–Kier alpha value is -3.68. The molecule has 0 aliphatic rings. The zero-order chi connectivity index (χ0) is 16.7. The van der Waals surface area contributed by atoms with Gasteiger partial charge in [0.05, 0.1) is 11.9 Å². The molecule has 0 radical (unpaired) electrons. The van der Waals surface area contributed by atoms with Gasteiger partial charge in [-0.05, 0) is 24.3 Å². The lowest BCUT2D eigenvalue weighted by atomic mass is 10.1. The van der Waals surface area contributed by atoms with Crippen LogP contribution in [0.25, 0.3) is 22.5 Å². The molecule has 24 heavy (non-hydrogen) atoms. The monoisotopic (exact) mass is 320 g/mol. The molecule has 3 N–H and O–H groups in total. The molecule has 0 atom stereocenters. The maximum absolute atomic E-state index is 11.3. The van der Waals surface area contributed by atoms with Crippen molar-refractivity contribution in [2.45, 2.75) is 0 Å². The number of nitrogens with two attached hydrogens (primary N) is 1. The van der Waals surface area contributed by atoms with E-state index in [1.54, 1.807) is 16.9 Å². The molecular formula is C16H12N6O2. The molecule has 0 aliphatic carbocycles. The molecule has 0 bridgehead atoms. The summed E-state index contributed by atoms with van der Waals surface area (Å²) in [5.41, 5.74) is 8.42. The largest absolute Gasteiger partial charge is 0.477 e. The highest BCUT2D eigenvalue weighted by atomic mass is 16.4. The fourth-order valence-electron chi connectivity index (χ4n) is 2.55. The van der Waals surface area contributed by atoms with E-state index in [9.17, 15) is 9.90 Å². The van der Waals surface area contributed by atoms with Gasteiger partial charge < -0.3 is 10.8 Å². The van der Waals surface area contributed by atoms with Gasteiger partial charge >= 0.3 is 5.97 Å². The van der Waals surface area contributed by atoms with Gasteiger partial charge in [0.1, 0.15) is 0 Å². The molecule has 0 fully saturated rings. The summed E-state index contributed by atoms with van der Waals surface area (Å²) in [4.78, 5) is 15.5. The predicted molar refractivity (Wildman–Crippen MR) is 86.9 cm³/mol. The SMILES string of the molecule is Nc1nc2c(-c3cnn(-c4ccccc4)c3)ccc(C(=O)O)n2n1. The van der Waals surface area contributed by atoms with Gasteiger partial charge in [-0.15, -0.1) is 5.10 Å². The Bertz CT molecular complexity index is 1050. The lowest BCUT2D eigenvalue weighted by Gasteiger charge is -2.03. The Kier molecular flexibility index (Phi) is 3.02. The molecule has 0 unspecified atom stereocenters. The smallest absolute Gasteiger partial charge is 0.354 e. The highest BCUT2D eigenvalue weighted by Crippen LogP contribution is 2.25. The number of pyridine rings is 1. The van der Waals surface area contributed by atoms with Gasteiger partial charge in [-0.25, -0.2) is 14.0 Å². The van der Waals surface area contributed by atoms with E-state index in [1.807, 2.05) is 36.5 Å². The summed E-state index contributed by atoms with van der Waals surface area (Å²) in [5, 5.41) is 17.6. The molecule has 0 saturated heterocycles. The molecule has 8 nitrogen and oxygen atoms in total. The van der Waals surface area contributed by atoms with Crippen LogP contribution in [0.2, 0.25) is 0 Å². The van der Waals surface area contributed by atoms with Crippen LogP contribution in [0.4, 0.5) is 5.95 Å². The van der Waals surface area contributed by atoms with Gasteiger partial charge in [-0.1, -0.05) is 18.2 Å². The standard InChI is InChI=1S/C16H12N6O2/c17-16-19-14-12(6-7-13(15(23)24)22(14)20-16)10-8-18-21(9-10)11-4-2-1-3-5-11/h1-9H,(H2,17,20)(H,23,24). The third kappa shape index (κ3) is 2.17. The number of hydrogen-bond acceptors (Lipinski definition) is 5. The fourth-order valence-corrected chi connectivity index (χ4v) is 2.55. The number of nitrogens with zero attached hydrogens (tertiary/aromatic N) is 5. The van der Waals surface area contributed by atoms with Crippen LogP contribution in [0.3, 0.4) is 0 Å². The minimum atomic E-state index is -1.10. The van der Waals surface area contributed by atoms with Crippen LogP contribution in [-0.4, -0.2) is 35.5 Å². The molecule has 1 aromatic carbocycles. The van der Waals surface area contributed by atoms with Gasteiger partial charge in [0.15, 0.2) is 11.3 Å². The van der Waals surface area contributed by atoms with Crippen molar-refractivity contribution in [3.63, 3.8) is 0 Å². The number of rotatable bonds is 3. The number of fused-ring (bicyclic) bond motifs is 1. The Labute approximate surface area is 135 Å². The van der Waals surface area contributed by atoms with Crippen molar-refractivity contribution in [1.29, 1.82) is 0 Å². The summed E-state index contributed by atoms with van der Waals surface area (Å²) in [5.74, 6) is -1.09. The Morgan fingerprint density at radius 2 is 1.92 bits per heavy atom. The summed E-state index contributed by atoms with van der Waals surface area (Å²) in [6.07, 6.45) is 3.53. The van der Waals surface area contributed by atoms with E-state index in [1.165, 1.54) is 10.6 Å². The van der Waals surface area contributed by atoms with Crippen molar-refractivity contribution >= 4 is 17.6 Å². The first-order valence-corrected chi connectivity index (χ1v) is 7.12.